The maximum Gasteiger partial charge on any atom is 0.315 e. The van der Waals surface area contributed by atoms with Gasteiger partial charge in [-0.1, -0.05) is 13.8 Å². The molecule has 116 valence electrons. The average Bonchev–Trinajstić information content (AvgIpc) is 2.35. The van der Waals surface area contributed by atoms with Crippen molar-refractivity contribution < 1.29 is 24.2 Å². The van der Waals surface area contributed by atoms with E-state index in [0.717, 1.165) is 0 Å². The molecular weight excluding hydrogens is 266 g/mol. The zero-order chi connectivity index (χ0) is 15.5. The van der Waals surface area contributed by atoms with Crippen LogP contribution in [0, 0.1) is 5.92 Å². The Morgan fingerprint density at radius 2 is 1.85 bits per heavy atom. The molecule has 0 aromatic rings. The fourth-order valence-electron chi connectivity index (χ4n) is 1.38. The van der Waals surface area contributed by atoms with Gasteiger partial charge < -0.3 is 25.8 Å². The van der Waals surface area contributed by atoms with Crippen LogP contribution in [0.2, 0.25) is 0 Å². The Bertz CT molecular complexity index is 333. The van der Waals surface area contributed by atoms with Gasteiger partial charge in [0.05, 0.1) is 19.6 Å². The highest BCUT2D eigenvalue weighted by molar-refractivity contribution is 5.84. The zero-order valence-corrected chi connectivity index (χ0v) is 12.1. The third kappa shape index (κ3) is 9.15. The molecule has 0 aliphatic rings. The predicted octanol–water partition coefficient (Wildman–Crippen LogP) is -0.452. The molecular formula is C12H23N3O5. The van der Waals surface area contributed by atoms with E-state index in [1.165, 1.54) is 7.11 Å². The van der Waals surface area contributed by atoms with Gasteiger partial charge in [-0.3, -0.25) is 9.59 Å². The molecule has 8 heteroatoms. The first-order chi connectivity index (χ1) is 9.36. The molecule has 0 aliphatic carbocycles. The summed E-state index contributed by atoms with van der Waals surface area (Å²) in [6.45, 7) is 4.21. The van der Waals surface area contributed by atoms with Gasteiger partial charge in [0.2, 0.25) is 5.91 Å². The lowest BCUT2D eigenvalue weighted by molar-refractivity contribution is -0.137. The zero-order valence-electron chi connectivity index (χ0n) is 12.1. The van der Waals surface area contributed by atoms with Crippen molar-refractivity contribution in [2.75, 3.05) is 26.8 Å². The van der Waals surface area contributed by atoms with Crippen molar-refractivity contribution in [3.8, 4) is 0 Å². The second-order valence-corrected chi connectivity index (χ2v) is 4.62. The maximum atomic E-state index is 11.6. The van der Waals surface area contributed by atoms with Gasteiger partial charge in [-0.25, -0.2) is 4.79 Å². The molecule has 0 saturated heterocycles. The lowest BCUT2D eigenvalue weighted by Crippen LogP contribution is -2.48. The van der Waals surface area contributed by atoms with Crippen LogP contribution in [0.3, 0.4) is 0 Å². The summed E-state index contributed by atoms with van der Waals surface area (Å²) < 4.78 is 4.76. The fourth-order valence-corrected chi connectivity index (χ4v) is 1.38. The van der Waals surface area contributed by atoms with Crippen molar-refractivity contribution in [1.29, 1.82) is 0 Å². The Balaban J connectivity index is 4.01. The van der Waals surface area contributed by atoms with Gasteiger partial charge in [-0.05, 0) is 5.92 Å². The molecule has 3 amide bonds. The Kier molecular flexibility index (Phi) is 9.10. The SMILES string of the molecule is COCCNC(=O)CNC(=O)NC(CC(=O)O)C(C)C. The second-order valence-electron chi connectivity index (χ2n) is 4.62. The Morgan fingerprint density at radius 3 is 2.35 bits per heavy atom. The van der Waals surface area contributed by atoms with Gasteiger partial charge in [0.15, 0.2) is 0 Å². The fraction of sp³-hybridized carbons (Fsp3) is 0.750. The Labute approximate surface area is 118 Å². The van der Waals surface area contributed by atoms with Gasteiger partial charge in [0.25, 0.3) is 0 Å². The summed E-state index contributed by atoms with van der Waals surface area (Å²) in [5.41, 5.74) is 0. The molecule has 4 N–H and O–H groups in total. The summed E-state index contributed by atoms with van der Waals surface area (Å²) in [5.74, 6) is -1.34. The minimum absolute atomic E-state index is 0.0209. The van der Waals surface area contributed by atoms with E-state index >= 15 is 0 Å². The molecule has 20 heavy (non-hydrogen) atoms. The van der Waals surface area contributed by atoms with Crippen molar-refractivity contribution >= 4 is 17.9 Å². The number of rotatable bonds is 9. The summed E-state index contributed by atoms with van der Waals surface area (Å²) in [7, 11) is 1.52. The van der Waals surface area contributed by atoms with Gasteiger partial charge in [0.1, 0.15) is 0 Å². The van der Waals surface area contributed by atoms with Crippen LogP contribution in [0.1, 0.15) is 20.3 Å². The molecule has 0 rings (SSSR count). The minimum atomic E-state index is -0.985. The van der Waals surface area contributed by atoms with Crippen LogP contribution in [0.5, 0.6) is 0 Å². The van der Waals surface area contributed by atoms with Crippen molar-refractivity contribution in [1.82, 2.24) is 16.0 Å². The number of carboxylic acid groups (broad SMARTS) is 1. The van der Waals surface area contributed by atoms with Crippen molar-refractivity contribution in [2.24, 2.45) is 5.92 Å². The van der Waals surface area contributed by atoms with E-state index in [9.17, 15) is 14.4 Å². The normalized spacial score (nSPS) is 11.8. The highest BCUT2D eigenvalue weighted by Crippen LogP contribution is 2.05. The smallest absolute Gasteiger partial charge is 0.315 e. The summed E-state index contributed by atoms with van der Waals surface area (Å²) in [4.78, 5) is 33.5. The molecule has 0 radical (unpaired) electrons. The number of ether oxygens (including phenoxy) is 1. The van der Waals surface area contributed by atoms with E-state index in [4.69, 9.17) is 9.84 Å². The highest BCUT2D eigenvalue weighted by Gasteiger charge is 2.19. The number of methoxy groups -OCH3 is 1. The summed E-state index contributed by atoms with van der Waals surface area (Å²) in [6.07, 6.45) is -0.162. The van der Waals surface area contributed by atoms with Crippen LogP contribution < -0.4 is 16.0 Å². The summed E-state index contributed by atoms with van der Waals surface area (Å²) in [5, 5.41) is 16.2. The number of carboxylic acids is 1. The molecule has 0 aromatic carbocycles. The van der Waals surface area contributed by atoms with Crippen LogP contribution in [0.25, 0.3) is 0 Å². The second kappa shape index (κ2) is 10.0. The molecule has 0 heterocycles. The number of nitrogens with one attached hydrogen (secondary N) is 3. The quantitative estimate of drug-likeness (QED) is 0.429. The molecule has 0 bridgehead atoms. The number of aliphatic carboxylic acids is 1. The largest absolute Gasteiger partial charge is 0.481 e. The standard InChI is InChI=1S/C12H23N3O5/c1-8(2)9(6-11(17)18)15-12(19)14-7-10(16)13-4-5-20-3/h8-9H,4-7H2,1-3H3,(H,13,16)(H,17,18)(H2,14,15,19). The number of carbonyl (C=O) groups is 3. The predicted molar refractivity (Wildman–Crippen MR) is 72.3 cm³/mol. The molecule has 0 aliphatic heterocycles. The number of carbonyl (C=O) groups excluding carboxylic acids is 2. The van der Waals surface area contributed by atoms with E-state index in [1.807, 2.05) is 13.8 Å². The lowest BCUT2D eigenvalue weighted by atomic mass is 10.0. The third-order valence-corrected chi connectivity index (χ3v) is 2.55. The summed E-state index contributed by atoms with van der Waals surface area (Å²) >= 11 is 0. The van der Waals surface area contributed by atoms with E-state index in [-0.39, 0.29) is 24.8 Å². The first kappa shape index (κ1) is 18.2. The third-order valence-electron chi connectivity index (χ3n) is 2.55. The first-order valence-corrected chi connectivity index (χ1v) is 6.38. The molecule has 0 aromatic heterocycles. The molecule has 1 atom stereocenters. The van der Waals surface area contributed by atoms with E-state index < -0.39 is 18.0 Å². The number of hydrogen-bond donors (Lipinski definition) is 4. The van der Waals surface area contributed by atoms with Gasteiger partial charge in [0, 0.05) is 19.7 Å². The Hall–Kier alpha value is -1.83. The minimum Gasteiger partial charge on any atom is -0.481 e. The number of urea groups is 1. The Morgan fingerprint density at radius 1 is 1.20 bits per heavy atom. The molecule has 0 fully saturated rings. The topological polar surface area (TPSA) is 117 Å². The molecule has 0 saturated carbocycles. The van der Waals surface area contributed by atoms with Gasteiger partial charge in [-0.2, -0.15) is 0 Å². The molecule has 1 unspecified atom stereocenters. The highest BCUT2D eigenvalue weighted by atomic mass is 16.5. The molecule has 8 nitrogen and oxygen atoms in total. The van der Waals surface area contributed by atoms with E-state index in [0.29, 0.717) is 13.2 Å². The maximum absolute atomic E-state index is 11.6. The van der Waals surface area contributed by atoms with Crippen LogP contribution in [-0.2, 0) is 14.3 Å². The van der Waals surface area contributed by atoms with Crippen molar-refractivity contribution in [2.45, 2.75) is 26.3 Å². The van der Waals surface area contributed by atoms with E-state index in [2.05, 4.69) is 16.0 Å². The van der Waals surface area contributed by atoms with Gasteiger partial charge in [-0.15, -0.1) is 0 Å². The van der Waals surface area contributed by atoms with Crippen LogP contribution in [0.15, 0.2) is 0 Å². The number of hydrogen-bond acceptors (Lipinski definition) is 4. The monoisotopic (exact) mass is 289 g/mol. The number of amides is 3. The van der Waals surface area contributed by atoms with Crippen LogP contribution in [0.4, 0.5) is 4.79 Å². The van der Waals surface area contributed by atoms with Crippen molar-refractivity contribution in [3.63, 3.8) is 0 Å². The first-order valence-electron chi connectivity index (χ1n) is 6.38. The van der Waals surface area contributed by atoms with Crippen LogP contribution in [-0.4, -0.2) is 55.9 Å². The van der Waals surface area contributed by atoms with E-state index in [1.54, 1.807) is 0 Å². The molecule has 0 spiro atoms. The average molecular weight is 289 g/mol. The lowest BCUT2D eigenvalue weighted by Gasteiger charge is -2.20. The van der Waals surface area contributed by atoms with Crippen LogP contribution >= 0.6 is 0 Å². The summed E-state index contributed by atoms with van der Waals surface area (Å²) in [6, 6.07) is -1.05. The van der Waals surface area contributed by atoms with Crippen molar-refractivity contribution in [3.05, 3.63) is 0 Å². The van der Waals surface area contributed by atoms with Gasteiger partial charge >= 0.3 is 12.0 Å².